The summed E-state index contributed by atoms with van der Waals surface area (Å²) in [5.41, 5.74) is 1.55. The van der Waals surface area contributed by atoms with Crippen molar-refractivity contribution in [1.82, 2.24) is 19.8 Å². The zero-order valence-electron chi connectivity index (χ0n) is 16.4. The smallest absolute Gasteiger partial charge is 0.328 e. The molecule has 3 aliphatic rings. The van der Waals surface area contributed by atoms with Crippen molar-refractivity contribution in [2.75, 3.05) is 37.6 Å². The number of fused-ring (bicyclic) bond motifs is 1. The lowest BCUT2D eigenvalue weighted by Crippen LogP contribution is -2.58. The molecule has 3 aliphatic heterocycles. The molecule has 9 heteroatoms. The summed E-state index contributed by atoms with van der Waals surface area (Å²) in [5, 5.41) is 2.78. The molecule has 0 bridgehead atoms. The van der Waals surface area contributed by atoms with Crippen LogP contribution in [0.5, 0.6) is 0 Å². The average molecular weight is 416 g/mol. The molecule has 2 saturated heterocycles. The highest BCUT2D eigenvalue weighted by atomic mass is 32.2. The van der Waals surface area contributed by atoms with Crippen molar-refractivity contribution in [3.05, 3.63) is 40.9 Å². The number of amides is 4. The standard InChI is InChI=1S/C20H25N5O3S/c1-2-3-9-25-18(26)16-15(21-20(25)28)17(29-22-16)19(27)24-12-10-23(11-13-24)14-7-5-4-6-8-14/h4-8,16,22H,2-3,9-13H2,1H3,(H,21,28). The fourth-order valence-electron chi connectivity index (χ4n) is 3.74. The summed E-state index contributed by atoms with van der Waals surface area (Å²) in [6, 6.07) is 9.02. The third-order valence-corrected chi connectivity index (χ3v) is 6.38. The molecular weight excluding hydrogens is 390 g/mol. The summed E-state index contributed by atoms with van der Waals surface area (Å²) < 4.78 is 3.02. The Morgan fingerprint density at radius 2 is 1.86 bits per heavy atom. The van der Waals surface area contributed by atoms with Gasteiger partial charge < -0.3 is 15.1 Å². The molecule has 3 heterocycles. The Labute approximate surface area is 174 Å². The van der Waals surface area contributed by atoms with Crippen LogP contribution in [-0.4, -0.2) is 66.4 Å². The van der Waals surface area contributed by atoms with E-state index in [0.29, 0.717) is 30.2 Å². The van der Waals surface area contributed by atoms with Gasteiger partial charge in [0.15, 0.2) is 0 Å². The van der Waals surface area contributed by atoms with Crippen LogP contribution >= 0.6 is 11.9 Å². The summed E-state index contributed by atoms with van der Waals surface area (Å²) >= 11 is 1.14. The Balaban J connectivity index is 1.43. The Morgan fingerprint density at radius 1 is 1.14 bits per heavy atom. The van der Waals surface area contributed by atoms with Crippen molar-refractivity contribution in [3.63, 3.8) is 0 Å². The van der Waals surface area contributed by atoms with Crippen molar-refractivity contribution in [2.24, 2.45) is 0 Å². The molecule has 1 aromatic carbocycles. The van der Waals surface area contributed by atoms with E-state index in [4.69, 9.17) is 0 Å². The Bertz CT molecular complexity index is 836. The predicted octanol–water partition coefficient (Wildman–Crippen LogP) is 1.52. The van der Waals surface area contributed by atoms with Gasteiger partial charge in [-0.15, -0.1) is 0 Å². The van der Waals surface area contributed by atoms with Crippen LogP contribution < -0.4 is 14.9 Å². The molecule has 4 rings (SSSR count). The van der Waals surface area contributed by atoms with Gasteiger partial charge in [0.05, 0.1) is 5.70 Å². The Hall–Kier alpha value is -2.52. The largest absolute Gasteiger partial charge is 0.368 e. The van der Waals surface area contributed by atoms with Gasteiger partial charge in [0.25, 0.3) is 11.8 Å². The lowest BCUT2D eigenvalue weighted by atomic mass is 10.1. The molecule has 8 nitrogen and oxygen atoms in total. The summed E-state index contributed by atoms with van der Waals surface area (Å²) in [6.07, 6.45) is 1.65. The number of imide groups is 1. The molecule has 0 spiro atoms. The van der Waals surface area contributed by atoms with Crippen LogP contribution in [0.2, 0.25) is 0 Å². The molecule has 29 heavy (non-hydrogen) atoms. The second-order valence-corrected chi connectivity index (χ2v) is 8.13. The van der Waals surface area contributed by atoms with E-state index in [2.05, 4.69) is 27.1 Å². The van der Waals surface area contributed by atoms with E-state index in [0.717, 1.165) is 43.6 Å². The molecule has 0 saturated carbocycles. The molecule has 4 amide bonds. The van der Waals surface area contributed by atoms with Crippen LogP contribution in [0, 0.1) is 0 Å². The number of urea groups is 1. The number of hydrogen-bond donors (Lipinski definition) is 2. The third kappa shape index (κ3) is 3.84. The number of carbonyl (C=O) groups excluding carboxylic acids is 3. The highest BCUT2D eigenvalue weighted by molar-refractivity contribution is 8.02. The predicted molar refractivity (Wildman–Crippen MR) is 112 cm³/mol. The maximum absolute atomic E-state index is 13.1. The third-order valence-electron chi connectivity index (χ3n) is 5.43. The summed E-state index contributed by atoms with van der Waals surface area (Å²) in [4.78, 5) is 43.9. The fourth-order valence-corrected chi connectivity index (χ4v) is 4.69. The van der Waals surface area contributed by atoms with Crippen LogP contribution in [0.4, 0.5) is 10.5 Å². The van der Waals surface area contributed by atoms with Gasteiger partial charge >= 0.3 is 6.03 Å². The van der Waals surface area contributed by atoms with E-state index in [1.54, 1.807) is 4.90 Å². The van der Waals surface area contributed by atoms with Crippen molar-refractivity contribution in [2.45, 2.75) is 25.8 Å². The first-order valence-corrected chi connectivity index (χ1v) is 10.8. The molecule has 0 radical (unpaired) electrons. The van der Waals surface area contributed by atoms with E-state index >= 15 is 0 Å². The highest BCUT2D eigenvalue weighted by Gasteiger charge is 2.44. The quantitative estimate of drug-likeness (QED) is 0.710. The van der Waals surface area contributed by atoms with Crippen molar-refractivity contribution >= 4 is 35.5 Å². The first-order chi connectivity index (χ1) is 14.1. The number of para-hydroxylation sites is 1. The minimum Gasteiger partial charge on any atom is -0.368 e. The SMILES string of the molecule is CCCCN1C(=O)NC2=C(C(=O)N3CCN(c4ccccc4)CC3)SNC2C1=O. The first kappa shape index (κ1) is 19.8. The number of piperazine rings is 1. The fraction of sp³-hybridized carbons (Fsp3) is 0.450. The van der Waals surface area contributed by atoms with Crippen LogP contribution in [-0.2, 0) is 9.59 Å². The van der Waals surface area contributed by atoms with Gasteiger partial charge in [0.1, 0.15) is 10.9 Å². The van der Waals surface area contributed by atoms with Crippen molar-refractivity contribution in [3.8, 4) is 0 Å². The van der Waals surface area contributed by atoms with Crippen LogP contribution in [0.3, 0.4) is 0 Å². The van der Waals surface area contributed by atoms with Gasteiger partial charge in [-0.1, -0.05) is 31.5 Å². The maximum atomic E-state index is 13.1. The second kappa shape index (κ2) is 8.46. The van der Waals surface area contributed by atoms with Crippen LogP contribution in [0.15, 0.2) is 40.9 Å². The van der Waals surface area contributed by atoms with E-state index in [1.165, 1.54) is 4.90 Å². The van der Waals surface area contributed by atoms with Gasteiger partial charge in [0, 0.05) is 38.4 Å². The minimum absolute atomic E-state index is 0.136. The highest BCUT2D eigenvalue weighted by Crippen LogP contribution is 2.32. The number of hydrogen-bond acceptors (Lipinski definition) is 6. The number of anilines is 1. The lowest BCUT2D eigenvalue weighted by molar-refractivity contribution is -0.130. The molecule has 0 aromatic heterocycles. The molecular formula is C20H25N5O3S. The van der Waals surface area contributed by atoms with Crippen molar-refractivity contribution in [1.29, 1.82) is 0 Å². The molecule has 1 unspecified atom stereocenters. The molecule has 1 atom stereocenters. The monoisotopic (exact) mass is 415 g/mol. The topological polar surface area (TPSA) is 85.0 Å². The van der Waals surface area contributed by atoms with E-state index in [1.807, 2.05) is 25.1 Å². The Morgan fingerprint density at radius 3 is 2.55 bits per heavy atom. The number of nitrogens with one attached hydrogen (secondary N) is 2. The zero-order chi connectivity index (χ0) is 20.4. The van der Waals surface area contributed by atoms with Gasteiger partial charge in [-0.3, -0.25) is 14.5 Å². The molecule has 154 valence electrons. The zero-order valence-corrected chi connectivity index (χ0v) is 17.2. The average Bonchev–Trinajstić information content (AvgIpc) is 3.18. The first-order valence-electron chi connectivity index (χ1n) is 9.98. The maximum Gasteiger partial charge on any atom is 0.328 e. The van der Waals surface area contributed by atoms with Gasteiger partial charge in [-0.05, 0) is 30.5 Å². The van der Waals surface area contributed by atoms with Gasteiger partial charge in [-0.25, -0.2) is 9.52 Å². The van der Waals surface area contributed by atoms with Crippen LogP contribution in [0.25, 0.3) is 0 Å². The normalized spacial score (nSPS) is 22.1. The summed E-state index contributed by atoms with van der Waals surface area (Å²) in [5.74, 6) is -0.427. The Kier molecular flexibility index (Phi) is 5.77. The number of unbranched alkanes of at least 4 members (excludes halogenated alkanes) is 1. The van der Waals surface area contributed by atoms with Crippen molar-refractivity contribution < 1.29 is 14.4 Å². The van der Waals surface area contributed by atoms with E-state index in [-0.39, 0.29) is 11.8 Å². The second-order valence-electron chi connectivity index (χ2n) is 7.28. The number of nitrogens with zero attached hydrogens (tertiary/aromatic N) is 3. The van der Waals surface area contributed by atoms with E-state index < -0.39 is 12.1 Å². The number of carbonyl (C=O) groups is 3. The summed E-state index contributed by atoms with van der Waals surface area (Å²) in [7, 11) is 0. The molecule has 0 aliphatic carbocycles. The lowest BCUT2D eigenvalue weighted by Gasteiger charge is -2.36. The molecule has 1 aromatic rings. The molecule has 2 fully saturated rings. The number of rotatable bonds is 5. The molecule has 2 N–H and O–H groups in total. The minimum atomic E-state index is -0.667. The van der Waals surface area contributed by atoms with Gasteiger partial charge in [-0.2, -0.15) is 0 Å². The summed E-state index contributed by atoms with van der Waals surface area (Å²) in [6.45, 7) is 5.09. The van der Waals surface area contributed by atoms with Crippen LogP contribution in [0.1, 0.15) is 19.8 Å². The van der Waals surface area contributed by atoms with Gasteiger partial charge in [0.2, 0.25) is 0 Å². The number of benzene rings is 1. The van der Waals surface area contributed by atoms with E-state index in [9.17, 15) is 14.4 Å².